The maximum atomic E-state index is 12.7. The van der Waals surface area contributed by atoms with Gasteiger partial charge in [0.1, 0.15) is 0 Å². The van der Waals surface area contributed by atoms with Crippen LogP contribution in [0.4, 0.5) is 11.6 Å². The molecule has 1 unspecified atom stereocenters. The number of nitrogens with zero attached hydrogens (tertiary/aromatic N) is 3. The van der Waals surface area contributed by atoms with Gasteiger partial charge in [0.2, 0.25) is 11.9 Å². The molecule has 1 aromatic carbocycles. The average Bonchev–Trinajstić information content (AvgIpc) is 2.67. The summed E-state index contributed by atoms with van der Waals surface area (Å²) in [6.07, 6.45) is 5.49. The van der Waals surface area contributed by atoms with Crippen molar-refractivity contribution >= 4 is 17.5 Å². The molecule has 0 bridgehead atoms. The van der Waals surface area contributed by atoms with Gasteiger partial charge < -0.3 is 15.0 Å². The van der Waals surface area contributed by atoms with Crippen LogP contribution in [-0.4, -0.2) is 35.1 Å². The van der Waals surface area contributed by atoms with Gasteiger partial charge in [-0.3, -0.25) is 4.79 Å². The number of anilines is 2. The predicted octanol–water partition coefficient (Wildman–Crippen LogP) is 3.26. The number of ether oxygens (including phenoxy) is 1. The van der Waals surface area contributed by atoms with E-state index in [9.17, 15) is 4.79 Å². The Bertz CT molecular complexity index is 721. The number of amides is 1. The van der Waals surface area contributed by atoms with Gasteiger partial charge in [0.15, 0.2) is 0 Å². The Morgan fingerprint density at radius 3 is 2.88 bits per heavy atom. The third-order valence-electron chi connectivity index (χ3n) is 4.41. The smallest absolute Gasteiger partial charge is 0.229 e. The second-order valence-corrected chi connectivity index (χ2v) is 6.88. The first-order valence-corrected chi connectivity index (χ1v) is 9.15. The number of benzene rings is 1. The van der Waals surface area contributed by atoms with Gasteiger partial charge in [0.05, 0.1) is 18.6 Å². The largest absolute Gasteiger partial charge is 0.374 e. The number of piperidine rings is 1. The predicted molar refractivity (Wildman–Crippen MR) is 102 cm³/mol. The zero-order chi connectivity index (χ0) is 18.4. The molecule has 2 heterocycles. The molecule has 6 heteroatoms. The van der Waals surface area contributed by atoms with Crippen LogP contribution in [0.5, 0.6) is 0 Å². The second kappa shape index (κ2) is 8.76. The molecule has 1 aromatic heterocycles. The lowest BCUT2D eigenvalue weighted by molar-refractivity contribution is -0.120. The summed E-state index contributed by atoms with van der Waals surface area (Å²) >= 11 is 0. The Balaban J connectivity index is 1.60. The van der Waals surface area contributed by atoms with Crippen molar-refractivity contribution < 1.29 is 9.53 Å². The van der Waals surface area contributed by atoms with E-state index < -0.39 is 0 Å². The van der Waals surface area contributed by atoms with Gasteiger partial charge >= 0.3 is 0 Å². The van der Waals surface area contributed by atoms with Crippen molar-refractivity contribution in [1.29, 1.82) is 0 Å². The molecule has 26 heavy (non-hydrogen) atoms. The topological polar surface area (TPSA) is 67.3 Å². The number of hydrogen-bond acceptors (Lipinski definition) is 5. The molecular formula is C20H26N4O2. The summed E-state index contributed by atoms with van der Waals surface area (Å²) in [5.74, 6) is 0.675. The van der Waals surface area contributed by atoms with E-state index in [0.29, 0.717) is 19.1 Å². The Labute approximate surface area is 154 Å². The minimum atomic E-state index is -0.0665. The summed E-state index contributed by atoms with van der Waals surface area (Å²) < 4.78 is 5.63. The van der Waals surface area contributed by atoms with Crippen molar-refractivity contribution in [2.45, 2.75) is 39.4 Å². The van der Waals surface area contributed by atoms with E-state index >= 15 is 0 Å². The highest BCUT2D eigenvalue weighted by molar-refractivity contribution is 5.93. The molecule has 1 atom stereocenters. The first-order chi connectivity index (χ1) is 12.6. The Morgan fingerprint density at radius 1 is 1.31 bits per heavy atom. The van der Waals surface area contributed by atoms with Crippen LogP contribution < -0.4 is 10.2 Å². The number of aromatic nitrogens is 2. The lowest BCUT2D eigenvalue weighted by Gasteiger charge is -2.31. The molecule has 1 N–H and O–H groups in total. The average molecular weight is 354 g/mol. The molecule has 2 aromatic rings. The monoisotopic (exact) mass is 354 g/mol. The van der Waals surface area contributed by atoms with Crippen molar-refractivity contribution in [3.8, 4) is 0 Å². The van der Waals surface area contributed by atoms with Gasteiger partial charge in [-0.15, -0.1) is 0 Å². The van der Waals surface area contributed by atoms with Crippen LogP contribution in [0.1, 0.15) is 32.3 Å². The molecule has 0 aliphatic carbocycles. The third kappa shape index (κ3) is 5.02. The molecule has 3 rings (SSSR count). The third-order valence-corrected chi connectivity index (χ3v) is 4.41. The quantitative estimate of drug-likeness (QED) is 0.862. The van der Waals surface area contributed by atoms with E-state index in [-0.39, 0.29) is 17.9 Å². The number of rotatable bonds is 6. The minimum absolute atomic E-state index is 0.0487. The summed E-state index contributed by atoms with van der Waals surface area (Å²) in [6, 6.07) is 9.64. The Hall–Kier alpha value is -2.47. The molecule has 6 nitrogen and oxygen atoms in total. The van der Waals surface area contributed by atoms with Crippen LogP contribution in [-0.2, 0) is 16.1 Å². The molecule has 0 spiro atoms. The van der Waals surface area contributed by atoms with E-state index in [2.05, 4.69) is 20.2 Å². The number of nitrogens with one attached hydrogen (secondary N) is 1. The highest BCUT2D eigenvalue weighted by Gasteiger charge is 2.27. The lowest BCUT2D eigenvalue weighted by Crippen LogP contribution is -2.41. The van der Waals surface area contributed by atoms with Crippen LogP contribution >= 0.6 is 0 Å². The zero-order valence-electron chi connectivity index (χ0n) is 15.4. The molecule has 1 amide bonds. The van der Waals surface area contributed by atoms with Gasteiger partial charge in [-0.25, -0.2) is 9.97 Å². The molecule has 138 valence electrons. The normalized spacial score (nSPS) is 17.3. The van der Waals surface area contributed by atoms with E-state index in [4.69, 9.17) is 4.74 Å². The molecule has 1 fully saturated rings. The summed E-state index contributed by atoms with van der Waals surface area (Å²) in [4.78, 5) is 23.4. The van der Waals surface area contributed by atoms with E-state index in [0.717, 1.165) is 30.6 Å². The van der Waals surface area contributed by atoms with Gasteiger partial charge in [-0.2, -0.15) is 0 Å². The first kappa shape index (κ1) is 18.3. The van der Waals surface area contributed by atoms with E-state index in [1.807, 2.05) is 38.1 Å². The number of hydrogen-bond donors (Lipinski definition) is 1. The Morgan fingerprint density at radius 2 is 2.12 bits per heavy atom. The summed E-state index contributed by atoms with van der Waals surface area (Å²) in [7, 11) is 0. The summed E-state index contributed by atoms with van der Waals surface area (Å²) in [6.45, 7) is 6.10. The first-order valence-electron chi connectivity index (χ1n) is 9.15. The number of carbonyl (C=O) groups excluding carboxylic acids is 1. The van der Waals surface area contributed by atoms with Gasteiger partial charge in [-0.05, 0) is 50.5 Å². The van der Waals surface area contributed by atoms with Crippen molar-refractivity contribution in [1.82, 2.24) is 9.97 Å². The van der Waals surface area contributed by atoms with Crippen LogP contribution in [0.25, 0.3) is 0 Å². The van der Waals surface area contributed by atoms with E-state index in [1.165, 1.54) is 0 Å². The molecule has 0 saturated carbocycles. The maximum Gasteiger partial charge on any atom is 0.229 e. The van der Waals surface area contributed by atoms with Crippen LogP contribution in [0.3, 0.4) is 0 Å². The van der Waals surface area contributed by atoms with Crippen molar-refractivity contribution in [2.75, 3.05) is 23.3 Å². The number of carbonyl (C=O) groups is 1. The molecule has 1 aliphatic heterocycles. The fraction of sp³-hybridized carbons (Fsp3) is 0.450. The van der Waals surface area contributed by atoms with Crippen LogP contribution in [0, 0.1) is 5.92 Å². The van der Waals surface area contributed by atoms with Crippen molar-refractivity contribution in [3.63, 3.8) is 0 Å². The molecule has 0 radical (unpaired) electrons. The minimum Gasteiger partial charge on any atom is -0.374 e. The van der Waals surface area contributed by atoms with Gasteiger partial charge in [-0.1, -0.05) is 12.1 Å². The van der Waals surface area contributed by atoms with Gasteiger partial charge in [0.25, 0.3) is 0 Å². The van der Waals surface area contributed by atoms with Crippen LogP contribution in [0.15, 0.2) is 42.7 Å². The molecule has 1 aliphatic rings. The zero-order valence-corrected chi connectivity index (χ0v) is 15.4. The lowest BCUT2D eigenvalue weighted by atomic mass is 9.97. The summed E-state index contributed by atoms with van der Waals surface area (Å²) in [5.41, 5.74) is 1.87. The second-order valence-electron chi connectivity index (χ2n) is 6.88. The van der Waals surface area contributed by atoms with Crippen LogP contribution in [0.2, 0.25) is 0 Å². The molecule has 1 saturated heterocycles. The SMILES string of the molecule is CC(C)OCc1cccc(NC(=O)C2CCCN(c3ncccn3)C2)c1. The van der Waals surface area contributed by atoms with Crippen molar-refractivity contribution in [3.05, 3.63) is 48.3 Å². The highest BCUT2D eigenvalue weighted by Crippen LogP contribution is 2.22. The highest BCUT2D eigenvalue weighted by atomic mass is 16.5. The molecular weight excluding hydrogens is 328 g/mol. The van der Waals surface area contributed by atoms with Crippen molar-refractivity contribution in [2.24, 2.45) is 5.92 Å². The Kier molecular flexibility index (Phi) is 6.17. The fourth-order valence-electron chi connectivity index (χ4n) is 3.07. The maximum absolute atomic E-state index is 12.7. The standard InChI is InChI=1S/C20H26N4O2/c1-15(2)26-14-16-6-3-8-18(12-16)23-19(25)17-7-4-11-24(13-17)20-21-9-5-10-22-20/h3,5-6,8-10,12,15,17H,4,7,11,13-14H2,1-2H3,(H,23,25). The van der Waals surface area contributed by atoms with Gasteiger partial charge in [0, 0.05) is 31.2 Å². The van der Waals surface area contributed by atoms with E-state index in [1.54, 1.807) is 18.5 Å². The summed E-state index contributed by atoms with van der Waals surface area (Å²) in [5, 5.41) is 3.05. The fourth-order valence-corrected chi connectivity index (χ4v) is 3.07.